The van der Waals surface area contributed by atoms with Crippen LogP contribution in [0.1, 0.15) is 13.8 Å². The average molecular weight is 215 g/mol. The predicted molar refractivity (Wildman–Crippen MR) is 69.5 cm³/mol. The fourth-order valence-electron chi connectivity index (χ4n) is 1.68. The summed E-state index contributed by atoms with van der Waals surface area (Å²) in [6, 6.07) is 5.90. The van der Waals surface area contributed by atoms with Crippen molar-refractivity contribution in [3.63, 3.8) is 0 Å². The van der Waals surface area contributed by atoms with Crippen LogP contribution < -0.4 is 11.1 Å². The second-order valence-electron chi connectivity index (χ2n) is 4.40. The minimum atomic E-state index is 0.615. The van der Waals surface area contributed by atoms with E-state index in [4.69, 9.17) is 5.73 Å². The summed E-state index contributed by atoms with van der Waals surface area (Å²) in [5.74, 6) is 0.615. The molecule has 0 aliphatic heterocycles. The molecule has 3 heteroatoms. The van der Waals surface area contributed by atoms with E-state index in [0.717, 1.165) is 28.7 Å². The van der Waals surface area contributed by atoms with E-state index in [1.165, 1.54) is 0 Å². The minimum Gasteiger partial charge on any atom is -0.398 e. The summed E-state index contributed by atoms with van der Waals surface area (Å²) in [4.78, 5) is 4.15. The van der Waals surface area contributed by atoms with Crippen LogP contribution in [0, 0.1) is 5.92 Å². The molecule has 0 aliphatic carbocycles. The number of rotatable bonds is 3. The van der Waals surface area contributed by atoms with Crippen LogP contribution in [0.4, 0.5) is 11.4 Å². The molecule has 1 heterocycles. The Bertz CT molecular complexity index is 492. The second kappa shape index (κ2) is 4.39. The van der Waals surface area contributed by atoms with Gasteiger partial charge >= 0.3 is 0 Å². The Labute approximate surface area is 95.7 Å². The topological polar surface area (TPSA) is 50.9 Å². The average Bonchev–Trinajstić information content (AvgIpc) is 2.28. The van der Waals surface area contributed by atoms with E-state index in [-0.39, 0.29) is 0 Å². The maximum absolute atomic E-state index is 5.93. The van der Waals surface area contributed by atoms with Crippen molar-refractivity contribution in [2.75, 3.05) is 17.6 Å². The summed E-state index contributed by atoms with van der Waals surface area (Å²) in [7, 11) is 0. The number of hydrogen-bond acceptors (Lipinski definition) is 3. The smallest absolute Gasteiger partial charge is 0.0437 e. The van der Waals surface area contributed by atoms with Gasteiger partial charge in [-0.15, -0.1) is 0 Å². The van der Waals surface area contributed by atoms with Gasteiger partial charge in [0.15, 0.2) is 0 Å². The number of aromatic nitrogens is 1. The van der Waals surface area contributed by atoms with Gasteiger partial charge in [-0.05, 0) is 24.1 Å². The Morgan fingerprint density at radius 3 is 2.81 bits per heavy atom. The molecule has 0 fully saturated rings. The normalized spacial score (nSPS) is 10.9. The third kappa shape index (κ3) is 2.08. The standard InChI is InChI=1S/C13H17N3/c1-9(2)7-16-13-4-3-12(14)10-5-6-15-8-11(10)13/h3-6,8-9,16H,7,14H2,1-2H3. The van der Waals surface area contributed by atoms with Crippen LogP contribution >= 0.6 is 0 Å². The first-order valence-corrected chi connectivity index (χ1v) is 5.54. The zero-order valence-electron chi connectivity index (χ0n) is 9.70. The number of nitrogen functional groups attached to an aromatic ring is 1. The molecule has 0 bridgehead atoms. The molecule has 16 heavy (non-hydrogen) atoms. The molecule has 1 aromatic carbocycles. The Balaban J connectivity index is 2.42. The fraction of sp³-hybridized carbons (Fsp3) is 0.308. The van der Waals surface area contributed by atoms with Crippen molar-refractivity contribution in [2.45, 2.75) is 13.8 Å². The zero-order valence-corrected chi connectivity index (χ0v) is 9.70. The monoisotopic (exact) mass is 215 g/mol. The molecule has 2 rings (SSSR count). The second-order valence-corrected chi connectivity index (χ2v) is 4.40. The highest BCUT2D eigenvalue weighted by Crippen LogP contribution is 2.27. The lowest BCUT2D eigenvalue weighted by molar-refractivity contribution is 0.689. The molecule has 0 saturated heterocycles. The van der Waals surface area contributed by atoms with Gasteiger partial charge in [-0.25, -0.2) is 0 Å². The molecule has 0 radical (unpaired) electrons. The molecule has 0 atom stereocenters. The van der Waals surface area contributed by atoms with Gasteiger partial charge in [0.25, 0.3) is 0 Å². The highest BCUT2D eigenvalue weighted by atomic mass is 14.9. The number of nitrogens with zero attached hydrogens (tertiary/aromatic N) is 1. The fourth-order valence-corrected chi connectivity index (χ4v) is 1.68. The van der Waals surface area contributed by atoms with Crippen LogP contribution in [0.15, 0.2) is 30.6 Å². The van der Waals surface area contributed by atoms with Gasteiger partial charge in [0, 0.05) is 41.1 Å². The largest absolute Gasteiger partial charge is 0.398 e. The lowest BCUT2D eigenvalue weighted by Gasteiger charge is -2.12. The highest BCUT2D eigenvalue weighted by Gasteiger charge is 2.03. The zero-order chi connectivity index (χ0) is 11.5. The van der Waals surface area contributed by atoms with Gasteiger partial charge in [0.05, 0.1) is 0 Å². The summed E-state index contributed by atoms with van der Waals surface area (Å²) < 4.78 is 0. The summed E-state index contributed by atoms with van der Waals surface area (Å²) in [5.41, 5.74) is 7.83. The van der Waals surface area contributed by atoms with Gasteiger partial charge in [-0.2, -0.15) is 0 Å². The first-order valence-electron chi connectivity index (χ1n) is 5.54. The Kier molecular flexibility index (Phi) is 2.95. The van der Waals surface area contributed by atoms with Gasteiger partial charge < -0.3 is 11.1 Å². The third-order valence-electron chi connectivity index (χ3n) is 2.55. The molecular formula is C13H17N3. The maximum atomic E-state index is 5.93. The van der Waals surface area contributed by atoms with E-state index >= 15 is 0 Å². The van der Waals surface area contributed by atoms with Gasteiger partial charge in [0.1, 0.15) is 0 Å². The number of pyridine rings is 1. The maximum Gasteiger partial charge on any atom is 0.0437 e. The predicted octanol–water partition coefficient (Wildman–Crippen LogP) is 2.88. The lowest BCUT2D eigenvalue weighted by atomic mass is 10.1. The molecular weight excluding hydrogens is 198 g/mol. The van der Waals surface area contributed by atoms with E-state index in [1.807, 2.05) is 24.4 Å². The minimum absolute atomic E-state index is 0.615. The van der Waals surface area contributed by atoms with Crippen LogP contribution in [0.2, 0.25) is 0 Å². The van der Waals surface area contributed by atoms with Crippen molar-refractivity contribution < 1.29 is 0 Å². The molecule has 2 aromatic rings. The Hall–Kier alpha value is -1.77. The number of fused-ring (bicyclic) bond motifs is 1. The van der Waals surface area contributed by atoms with Crippen molar-refractivity contribution in [1.29, 1.82) is 0 Å². The van der Waals surface area contributed by atoms with Crippen LogP contribution in [0.25, 0.3) is 10.8 Å². The van der Waals surface area contributed by atoms with Crippen LogP contribution in [-0.4, -0.2) is 11.5 Å². The van der Waals surface area contributed by atoms with E-state index in [1.54, 1.807) is 6.20 Å². The quantitative estimate of drug-likeness (QED) is 0.774. The van der Waals surface area contributed by atoms with Gasteiger partial charge in [-0.3, -0.25) is 4.98 Å². The Morgan fingerprint density at radius 1 is 1.25 bits per heavy atom. The molecule has 0 aliphatic rings. The number of nitrogens with one attached hydrogen (secondary N) is 1. The number of hydrogen-bond donors (Lipinski definition) is 2. The molecule has 84 valence electrons. The van der Waals surface area contributed by atoms with Crippen LogP contribution in [0.5, 0.6) is 0 Å². The molecule has 0 spiro atoms. The Morgan fingerprint density at radius 2 is 2.06 bits per heavy atom. The van der Waals surface area contributed by atoms with E-state index in [2.05, 4.69) is 24.1 Å². The number of benzene rings is 1. The molecule has 1 aromatic heterocycles. The molecule has 3 N–H and O–H groups in total. The lowest BCUT2D eigenvalue weighted by Crippen LogP contribution is -2.08. The first kappa shape index (κ1) is 10.7. The van der Waals surface area contributed by atoms with Gasteiger partial charge in [0.2, 0.25) is 0 Å². The van der Waals surface area contributed by atoms with E-state index in [0.29, 0.717) is 5.92 Å². The van der Waals surface area contributed by atoms with Crippen LogP contribution in [-0.2, 0) is 0 Å². The van der Waals surface area contributed by atoms with Crippen molar-refractivity contribution >= 4 is 22.1 Å². The van der Waals surface area contributed by atoms with Gasteiger partial charge in [-0.1, -0.05) is 13.8 Å². The van der Waals surface area contributed by atoms with Crippen molar-refractivity contribution in [1.82, 2.24) is 4.98 Å². The summed E-state index contributed by atoms with van der Waals surface area (Å²) in [6.45, 7) is 5.32. The number of anilines is 2. The van der Waals surface area contributed by atoms with Crippen molar-refractivity contribution in [2.24, 2.45) is 5.92 Å². The van der Waals surface area contributed by atoms with Crippen molar-refractivity contribution in [3.05, 3.63) is 30.6 Å². The number of nitrogens with two attached hydrogens (primary N) is 1. The molecule has 0 unspecified atom stereocenters. The first-order chi connectivity index (χ1) is 7.68. The molecule has 0 amide bonds. The van der Waals surface area contributed by atoms with E-state index in [9.17, 15) is 0 Å². The third-order valence-corrected chi connectivity index (χ3v) is 2.55. The van der Waals surface area contributed by atoms with Crippen molar-refractivity contribution in [3.8, 4) is 0 Å². The molecule has 0 saturated carbocycles. The van der Waals surface area contributed by atoms with Crippen LogP contribution in [0.3, 0.4) is 0 Å². The summed E-state index contributed by atoms with van der Waals surface area (Å²) in [5, 5.41) is 5.56. The summed E-state index contributed by atoms with van der Waals surface area (Å²) >= 11 is 0. The highest BCUT2D eigenvalue weighted by molar-refractivity contribution is 6.00. The SMILES string of the molecule is CC(C)CNc1ccc(N)c2ccncc12. The van der Waals surface area contributed by atoms with E-state index < -0.39 is 0 Å². The molecule has 3 nitrogen and oxygen atoms in total. The summed E-state index contributed by atoms with van der Waals surface area (Å²) in [6.07, 6.45) is 3.62.